The summed E-state index contributed by atoms with van der Waals surface area (Å²) in [5.74, 6) is 2.98. The van der Waals surface area contributed by atoms with Crippen LogP contribution >= 0.6 is 35.7 Å². The van der Waals surface area contributed by atoms with Crippen molar-refractivity contribution in [1.82, 2.24) is 15.5 Å². The zero-order valence-corrected chi connectivity index (χ0v) is 21.6. The lowest BCUT2D eigenvalue weighted by Gasteiger charge is -2.16. The van der Waals surface area contributed by atoms with E-state index in [9.17, 15) is 0 Å². The summed E-state index contributed by atoms with van der Waals surface area (Å²) in [5.41, 5.74) is 1.14. The average Bonchev–Trinajstić information content (AvgIpc) is 2.70. The van der Waals surface area contributed by atoms with E-state index in [1.54, 1.807) is 7.11 Å². The molecular weight excluding hydrogens is 499 g/mol. The van der Waals surface area contributed by atoms with E-state index >= 15 is 0 Å². The second kappa shape index (κ2) is 19.3. The number of rotatable bonds is 15. The number of nitrogens with zero attached hydrogens (tertiary/aromatic N) is 2. The highest BCUT2D eigenvalue weighted by atomic mass is 127. The first kappa shape index (κ1) is 28.3. The molecule has 6 nitrogen and oxygen atoms in total. The van der Waals surface area contributed by atoms with Gasteiger partial charge in [0.05, 0.1) is 13.2 Å². The van der Waals surface area contributed by atoms with Gasteiger partial charge >= 0.3 is 0 Å². The fourth-order valence-electron chi connectivity index (χ4n) is 2.50. The Morgan fingerprint density at radius 3 is 2.69 bits per heavy atom. The fourth-order valence-corrected chi connectivity index (χ4v) is 2.99. The van der Waals surface area contributed by atoms with Crippen molar-refractivity contribution in [2.24, 2.45) is 4.99 Å². The smallest absolute Gasteiger partial charge is 0.191 e. The minimum atomic E-state index is 0. The number of hydrogen-bond acceptors (Lipinski definition) is 5. The van der Waals surface area contributed by atoms with Gasteiger partial charge in [0.15, 0.2) is 5.96 Å². The van der Waals surface area contributed by atoms with Gasteiger partial charge in [0.2, 0.25) is 0 Å². The summed E-state index contributed by atoms with van der Waals surface area (Å²) in [6.07, 6.45) is 4.54. The summed E-state index contributed by atoms with van der Waals surface area (Å²) in [6.45, 7) is 7.70. The molecule has 29 heavy (non-hydrogen) atoms. The van der Waals surface area contributed by atoms with Crippen molar-refractivity contribution >= 4 is 41.7 Å². The number of nitrogens with one attached hydrogen (secondary N) is 2. The summed E-state index contributed by atoms with van der Waals surface area (Å²) in [7, 11) is 3.80. The topological polar surface area (TPSA) is 58.1 Å². The van der Waals surface area contributed by atoms with Crippen LogP contribution in [-0.2, 0) is 11.3 Å². The van der Waals surface area contributed by atoms with E-state index in [0.717, 1.165) is 56.5 Å². The van der Waals surface area contributed by atoms with Crippen LogP contribution in [0.3, 0.4) is 0 Å². The molecule has 0 saturated carbocycles. The SMILES string of the molecule is CCNC(=NCc1cccc(OCCN(C)CCOC)c1)NCCCCSC.I. The monoisotopic (exact) mass is 538 g/mol. The first-order chi connectivity index (χ1) is 13.7. The average molecular weight is 539 g/mol. The van der Waals surface area contributed by atoms with Crippen molar-refractivity contribution in [3.63, 3.8) is 0 Å². The first-order valence-corrected chi connectivity index (χ1v) is 11.5. The van der Waals surface area contributed by atoms with Gasteiger partial charge in [0, 0.05) is 33.3 Å². The molecule has 1 rings (SSSR count). The van der Waals surface area contributed by atoms with E-state index in [-0.39, 0.29) is 24.0 Å². The van der Waals surface area contributed by atoms with E-state index in [1.165, 1.54) is 12.2 Å². The van der Waals surface area contributed by atoms with Gasteiger partial charge in [0.25, 0.3) is 0 Å². The van der Waals surface area contributed by atoms with Crippen LogP contribution in [0.25, 0.3) is 0 Å². The van der Waals surface area contributed by atoms with Crippen molar-refractivity contribution in [1.29, 1.82) is 0 Å². The normalized spacial score (nSPS) is 11.3. The molecular formula is C21H39IN4O2S. The highest BCUT2D eigenvalue weighted by Crippen LogP contribution is 2.14. The third-order valence-electron chi connectivity index (χ3n) is 4.15. The predicted octanol–water partition coefficient (Wildman–Crippen LogP) is 3.46. The maximum absolute atomic E-state index is 5.89. The molecule has 168 valence electrons. The zero-order valence-electron chi connectivity index (χ0n) is 18.4. The molecule has 1 aromatic carbocycles. The maximum Gasteiger partial charge on any atom is 0.191 e. The molecule has 0 aliphatic rings. The Morgan fingerprint density at radius 2 is 1.97 bits per heavy atom. The van der Waals surface area contributed by atoms with Crippen LogP contribution in [0.5, 0.6) is 5.75 Å². The number of ether oxygens (including phenoxy) is 2. The Labute approximate surface area is 198 Å². The molecule has 0 radical (unpaired) electrons. The zero-order chi connectivity index (χ0) is 20.5. The second-order valence-corrected chi connectivity index (χ2v) is 7.60. The minimum Gasteiger partial charge on any atom is -0.492 e. The van der Waals surface area contributed by atoms with Gasteiger partial charge in [-0.1, -0.05) is 12.1 Å². The van der Waals surface area contributed by atoms with E-state index in [1.807, 2.05) is 23.9 Å². The Morgan fingerprint density at radius 1 is 1.17 bits per heavy atom. The highest BCUT2D eigenvalue weighted by molar-refractivity contribution is 14.0. The Bertz CT molecular complexity index is 549. The van der Waals surface area contributed by atoms with Crippen LogP contribution in [0.4, 0.5) is 0 Å². The van der Waals surface area contributed by atoms with Crippen molar-refractivity contribution in [3.05, 3.63) is 29.8 Å². The summed E-state index contributed by atoms with van der Waals surface area (Å²) in [5, 5.41) is 6.72. The molecule has 0 spiro atoms. The lowest BCUT2D eigenvalue weighted by molar-refractivity contribution is 0.150. The number of benzene rings is 1. The molecule has 1 aromatic rings. The Hall–Kier alpha value is -0.710. The molecule has 0 aliphatic heterocycles. The largest absolute Gasteiger partial charge is 0.492 e. The van der Waals surface area contributed by atoms with Crippen LogP contribution in [-0.4, -0.2) is 76.4 Å². The molecule has 0 aliphatic carbocycles. The highest BCUT2D eigenvalue weighted by Gasteiger charge is 2.01. The van der Waals surface area contributed by atoms with Crippen molar-refractivity contribution < 1.29 is 9.47 Å². The number of thioether (sulfide) groups is 1. The summed E-state index contributed by atoms with van der Waals surface area (Å²) >= 11 is 1.90. The second-order valence-electron chi connectivity index (χ2n) is 6.61. The van der Waals surface area contributed by atoms with Gasteiger partial charge < -0.3 is 25.0 Å². The number of unbranched alkanes of at least 4 members (excludes halogenated alkanes) is 1. The number of guanidine groups is 1. The van der Waals surface area contributed by atoms with E-state index in [4.69, 9.17) is 14.5 Å². The van der Waals surface area contributed by atoms with Gasteiger partial charge in [-0.3, -0.25) is 0 Å². The number of hydrogen-bond donors (Lipinski definition) is 2. The van der Waals surface area contributed by atoms with Crippen LogP contribution in [0.15, 0.2) is 29.3 Å². The predicted molar refractivity (Wildman–Crippen MR) is 137 cm³/mol. The quantitative estimate of drug-likeness (QED) is 0.155. The number of methoxy groups -OCH3 is 1. The molecule has 0 heterocycles. The first-order valence-electron chi connectivity index (χ1n) is 10.1. The summed E-state index contributed by atoms with van der Waals surface area (Å²) < 4.78 is 11.0. The molecule has 0 saturated heterocycles. The van der Waals surface area contributed by atoms with Crippen LogP contribution in [0, 0.1) is 0 Å². The van der Waals surface area contributed by atoms with Gasteiger partial charge in [0.1, 0.15) is 12.4 Å². The summed E-state index contributed by atoms with van der Waals surface area (Å²) in [4.78, 5) is 6.90. The third kappa shape index (κ3) is 14.8. The maximum atomic E-state index is 5.89. The van der Waals surface area contributed by atoms with Gasteiger partial charge in [-0.2, -0.15) is 11.8 Å². The van der Waals surface area contributed by atoms with E-state index < -0.39 is 0 Å². The Kier molecular flexibility index (Phi) is 18.8. The van der Waals surface area contributed by atoms with Crippen molar-refractivity contribution in [2.75, 3.05) is 65.6 Å². The third-order valence-corrected chi connectivity index (χ3v) is 4.85. The van der Waals surface area contributed by atoms with E-state index in [2.05, 4.69) is 47.9 Å². The lowest BCUT2D eigenvalue weighted by Crippen LogP contribution is -2.37. The Balaban J connectivity index is 0.00000784. The molecule has 0 amide bonds. The number of likely N-dealkylation sites (N-methyl/N-ethyl adjacent to an activating group) is 1. The molecule has 0 atom stereocenters. The molecule has 0 bridgehead atoms. The molecule has 0 aromatic heterocycles. The molecule has 0 unspecified atom stereocenters. The van der Waals surface area contributed by atoms with Crippen LogP contribution in [0.2, 0.25) is 0 Å². The minimum absolute atomic E-state index is 0. The van der Waals surface area contributed by atoms with Gasteiger partial charge in [-0.15, -0.1) is 24.0 Å². The van der Waals surface area contributed by atoms with Crippen molar-refractivity contribution in [2.45, 2.75) is 26.3 Å². The summed E-state index contributed by atoms with van der Waals surface area (Å²) in [6, 6.07) is 8.18. The molecule has 2 N–H and O–H groups in total. The number of aliphatic imine (C=N–C) groups is 1. The molecule has 0 fully saturated rings. The van der Waals surface area contributed by atoms with Crippen molar-refractivity contribution in [3.8, 4) is 5.75 Å². The lowest BCUT2D eigenvalue weighted by atomic mass is 10.2. The number of halogens is 1. The molecule has 8 heteroatoms. The van der Waals surface area contributed by atoms with Gasteiger partial charge in [-0.25, -0.2) is 4.99 Å². The van der Waals surface area contributed by atoms with Crippen LogP contribution in [0.1, 0.15) is 25.3 Å². The van der Waals surface area contributed by atoms with Gasteiger partial charge in [-0.05, 0) is 56.5 Å². The van der Waals surface area contributed by atoms with E-state index in [0.29, 0.717) is 13.2 Å². The standard InChI is InChI=1S/C21H38N4O2S.HI/c1-5-22-21(23-11-6-7-16-28-4)24-18-19-9-8-10-20(17-19)27-15-13-25(2)12-14-26-3;/h8-10,17H,5-7,11-16,18H2,1-4H3,(H2,22,23,24);1H. The fraction of sp³-hybridized carbons (Fsp3) is 0.667. The van der Waals surface area contributed by atoms with Crippen LogP contribution < -0.4 is 15.4 Å².